The molecule has 0 unspecified atom stereocenters. The van der Waals surface area contributed by atoms with Gasteiger partial charge in [0.1, 0.15) is 5.57 Å². The van der Waals surface area contributed by atoms with Gasteiger partial charge in [0.2, 0.25) is 0 Å². The second-order valence-corrected chi connectivity index (χ2v) is 7.02. The summed E-state index contributed by atoms with van der Waals surface area (Å²) in [4.78, 5) is 26.7. The summed E-state index contributed by atoms with van der Waals surface area (Å²) in [5.74, 6) is -0.514. The Labute approximate surface area is 168 Å². The van der Waals surface area contributed by atoms with Crippen molar-refractivity contribution in [2.75, 3.05) is 12.0 Å². The first kappa shape index (κ1) is 19.6. The Morgan fingerprint density at radius 2 is 1.82 bits per heavy atom. The van der Waals surface area contributed by atoms with Crippen molar-refractivity contribution in [3.8, 4) is 11.5 Å². The molecule has 1 aliphatic heterocycles. The van der Waals surface area contributed by atoms with E-state index < -0.39 is 11.8 Å². The van der Waals surface area contributed by atoms with Crippen LogP contribution in [0, 0.1) is 0 Å². The first-order chi connectivity index (χ1) is 13.3. The lowest BCUT2D eigenvalue weighted by Gasteiger charge is -2.29. The Hall–Kier alpha value is -3.19. The van der Waals surface area contributed by atoms with E-state index in [0.717, 1.165) is 5.56 Å². The number of thiocarbonyl (C=S) groups is 1. The van der Waals surface area contributed by atoms with Gasteiger partial charge in [-0.15, -0.1) is 0 Å². The number of phenolic OH excluding ortho intramolecular Hbond substituents is 1. The summed E-state index contributed by atoms with van der Waals surface area (Å²) in [7, 11) is 1.42. The molecule has 2 aromatic carbocycles. The van der Waals surface area contributed by atoms with Gasteiger partial charge in [-0.3, -0.25) is 19.8 Å². The van der Waals surface area contributed by atoms with Gasteiger partial charge in [-0.25, -0.2) is 0 Å². The van der Waals surface area contributed by atoms with E-state index in [1.165, 1.54) is 30.2 Å². The smallest absolute Gasteiger partial charge is 0.270 e. The standard InChI is InChI=1S/C21H20N2O4S/c1-12(2)14-5-7-15(8-6-14)23-20(26)16(19(25)22-21(23)28)10-13-4-9-17(24)18(11-13)27-3/h4-12,24H,1-3H3,(H,22,25,28). The fourth-order valence-electron chi connectivity index (χ4n) is 2.85. The Kier molecular flexibility index (Phi) is 5.46. The van der Waals surface area contributed by atoms with Gasteiger partial charge in [-0.2, -0.15) is 0 Å². The zero-order chi connectivity index (χ0) is 20.4. The number of carbonyl (C=O) groups is 2. The molecule has 2 N–H and O–H groups in total. The van der Waals surface area contributed by atoms with Crippen LogP contribution in [0.3, 0.4) is 0 Å². The van der Waals surface area contributed by atoms with E-state index >= 15 is 0 Å². The van der Waals surface area contributed by atoms with E-state index in [1.54, 1.807) is 18.2 Å². The molecular weight excluding hydrogens is 376 g/mol. The average Bonchev–Trinajstić information content (AvgIpc) is 2.66. The van der Waals surface area contributed by atoms with Gasteiger partial charge < -0.3 is 9.84 Å². The normalized spacial score (nSPS) is 15.9. The van der Waals surface area contributed by atoms with Crippen LogP contribution in [0.2, 0.25) is 0 Å². The molecule has 6 nitrogen and oxygen atoms in total. The Bertz CT molecular complexity index is 980. The molecule has 1 aliphatic rings. The van der Waals surface area contributed by atoms with Crippen molar-refractivity contribution in [3.05, 3.63) is 59.2 Å². The van der Waals surface area contributed by atoms with Crippen LogP contribution >= 0.6 is 12.2 Å². The van der Waals surface area contributed by atoms with Crippen molar-refractivity contribution in [2.24, 2.45) is 0 Å². The first-order valence-electron chi connectivity index (χ1n) is 8.70. The number of methoxy groups -OCH3 is 1. The predicted molar refractivity (Wildman–Crippen MR) is 111 cm³/mol. The van der Waals surface area contributed by atoms with E-state index in [1.807, 2.05) is 12.1 Å². The Balaban J connectivity index is 1.98. The minimum absolute atomic E-state index is 0.0304. The summed E-state index contributed by atoms with van der Waals surface area (Å²) >= 11 is 5.21. The molecule has 7 heteroatoms. The zero-order valence-electron chi connectivity index (χ0n) is 15.7. The summed E-state index contributed by atoms with van der Waals surface area (Å²) in [5, 5.41) is 12.3. The van der Waals surface area contributed by atoms with Crippen molar-refractivity contribution < 1.29 is 19.4 Å². The zero-order valence-corrected chi connectivity index (χ0v) is 16.5. The number of anilines is 1. The van der Waals surface area contributed by atoms with Crippen LogP contribution in [0.5, 0.6) is 11.5 Å². The maximum Gasteiger partial charge on any atom is 0.270 e. The third-order valence-corrected chi connectivity index (χ3v) is 4.72. The van der Waals surface area contributed by atoms with Gasteiger partial charge in [-0.1, -0.05) is 32.0 Å². The van der Waals surface area contributed by atoms with Crippen molar-refractivity contribution in [1.29, 1.82) is 0 Å². The number of nitrogens with zero attached hydrogens (tertiary/aromatic N) is 1. The SMILES string of the molecule is COc1cc(C=C2C(=O)NC(=S)N(c3ccc(C(C)C)cc3)C2=O)ccc1O. The molecule has 1 heterocycles. The van der Waals surface area contributed by atoms with Crippen LogP contribution in [-0.2, 0) is 9.59 Å². The lowest BCUT2D eigenvalue weighted by atomic mass is 10.0. The largest absolute Gasteiger partial charge is 0.504 e. The molecule has 3 rings (SSSR count). The first-order valence-corrected chi connectivity index (χ1v) is 9.11. The van der Waals surface area contributed by atoms with Gasteiger partial charge in [0, 0.05) is 0 Å². The van der Waals surface area contributed by atoms with Crippen molar-refractivity contribution in [2.45, 2.75) is 19.8 Å². The highest BCUT2D eigenvalue weighted by atomic mass is 32.1. The molecule has 0 aromatic heterocycles. The quantitative estimate of drug-likeness (QED) is 0.471. The number of ether oxygens (including phenoxy) is 1. The number of nitrogens with one attached hydrogen (secondary N) is 1. The van der Waals surface area contributed by atoms with E-state index in [4.69, 9.17) is 17.0 Å². The molecule has 2 amide bonds. The second-order valence-electron chi connectivity index (χ2n) is 6.64. The average molecular weight is 396 g/mol. The number of benzene rings is 2. The fraction of sp³-hybridized carbons (Fsp3) is 0.190. The number of amides is 2. The van der Waals surface area contributed by atoms with E-state index in [-0.39, 0.29) is 22.2 Å². The third-order valence-electron chi connectivity index (χ3n) is 4.43. The van der Waals surface area contributed by atoms with Gasteiger partial charge in [-0.05, 0) is 59.6 Å². The summed E-state index contributed by atoms with van der Waals surface area (Å²) in [6.45, 7) is 4.16. The molecule has 1 saturated heterocycles. The number of hydrogen-bond donors (Lipinski definition) is 2. The summed E-state index contributed by atoms with van der Waals surface area (Å²) < 4.78 is 5.07. The van der Waals surface area contributed by atoms with Gasteiger partial charge >= 0.3 is 0 Å². The van der Waals surface area contributed by atoms with Crippen LogP contribution in [-0.4, -0.2) is 29.1 Å². The molecule has 0 radical (unpaired) electrons. The topological polar surface area (TPSA) is 78.9 Å². The van der Waals surface area contributed by atoms with Crippen LogP contribution in [0.25, 0.3) is 6.08 Å². The summed E-state index contributed by atoms with van der Waals surface area (Å²) in [6.07, 6.45) is 1.44. The van der Waals surface area contributed by atoms with E-state index in [0.29, 0.717) is 17.2 Å². The molecule has 144 valence electrons. The minimum atomic E-state index is -0.572. The number of aromatic hydroxyl groups is 1. The molecule has 0 spiro atoms. The van der Waals surface area contributed by atoms with Crippen LogP contribution in [0.1, 0.15) is 30.9 Å². The molecular formula is C21H20N2O4S. The predicted octanol–water partition coefficient (Wildman–Crippen LogP) is 3.36. The van der Waals surface area contributed by atoms with Gasteiger partial charge in [0.25, 0.3) is 11.8 Å². The second kappa shape index (κ2) is 7.82. The molecule has 28 heavy (non-hydrogen) atoms. The number of rotatable bonds is 4. The van der Waals surface area contributed by atoms with Crippen LogP contribution in [0.4, 0.5) is 5.69 Å². The molecule has 0 atom stereocenters. The molecule has 0 aliphatic carbocycles. The summed E-state index contributed by atoms with van der Waals surface area (Å²) in [6, 6.07) is 12.0. The third kappa shape index (κ3) is 3.75. The van der Waals surface area contributed by atoms with Crippen LogP contribution in [0.15, 0.2) is 48.0 Å². The maximum absolute atomic E-state index is 13.0. The molecule has 0 bridgehead atoms. The van der Waals surface area contributed by atoms with Crippen molar-refractivity contribution >= 4 is 40.9 Å². The van der Waals surface area contributed by atoms with Crippen molar-refractivity contribution in [3.63, 3.8) is 0 Å². The highest BCUT2D eigenvalue weighted by Crippen LogP contribution is 2.29. The highest BCUT2D eigenvalue weighted by Gasteiger charge is 2.34. The molecule has 2 aromatic rings. The molecule has 0 saturated carbocycles. The van der Waals surface area contributed by atoms with Crippen LogP contribution < -0.4 is 15.0 Å². The van der Waals surface area contributed by atoms with E-state index in [2.05, 4.69) is 19.2 Å². The van der Waals surface area contributed by atoms with Gasteiger partial charge in [0.05, 0.1) is 12.8 Å². The Morgan fingerprint density at radius 3 is 2.43 bits per heavy atom. The Morgan fingerprint density at radius 1 is 1.14 bits per heavy atom. The van der Waals surface area contributed by atoms with E-state index in [9.17, 15) is 14.7 Å². The fourth-order valence-corrected chi connectivity index (χ4v) is 3.13. The molecule has 1 fully saturated rings. The lowest BCUT2D eigenvalue weighted by molar-refractivity contribution is -0.122. The summed E-state index contributed by atoms with van der Waals surface area (Å²) in [5.41, 5.74) is 2.19. The van der Waals surface area contributed by atoms with Gasteiger partial charge in [0.15, 0.2) is 16.6 Å². The highest BCUT2D eigenvalue weighted by molar-refractivity contribution is 7.80. The minimum Gasteiger partial charge on any atom is -0.504 e. The lowest BCUT2D eigenvalue weighted by Crippen LogP contribution is -2.54. The number of phenols is 1. The van der Waals surface area contributed by atoms with Crippen molar-refractivity contribution in [1.82, 2.24) is 5.32 Å². The number of carbonyl (C=O) groups excluding carboxylic acids is 2. The monoisotopic (exact) mass is 396 g/mol. The number of hydrogen-bond acceptors (Lipinski definition) is 5. The maximum atomic E-state index is 13.0.